The van der Waals surface area contributed by atoms with E-state index in [0.717, 1.165) is 14.9 Å². The molecule has 0 unspecified atom stereocenters. The fraction of sp³-hybridized carbons (Fsp3) is 0.200. The molecule has 2 nitrogen and oxygen atoms in total. The van der Waals surface area contributed by atoms with E-state index in [1.54, 1.807) is 20.5 Å². The van der Waals surface area contributed by atoms with Crippen molar-refractivity contribution in [3.63, 3.8) is 0 Å². The summed E-state index contributed by atoms with van der Waals surface area (Å²) in [7, 11) is 3.30. The summed E-state index contributed by atoms with van der Waals surface area (Å²) < 4.78 is 11.1. The van der Waals surface area contributed by atoms with E-state index < -0.39 is 0 Å². The van der Waals surface area contributed by atoms with E-state index in [9.17, 15) is 0 Å². The van der Waals surface area contributed by atoms with Gasteiger partial charge in [-0.1, -0.05) is 6.07 Å². The smallest absolute Gasteiger partial charge is 0.132 e. The zero-order chi connectivity index (χ0) is 9.68. The molecule has 0 fully saturated rings. The molecule has 3 heteroatoms. The molecule has 0 N–H and O–H groups in total. The van der Waals surface area contributed by atoms with Crippen molar-refractivity contribution in [3.8, 4) is 5.75 Å². The number of hydrogen-bond donors (Lipinski definition) is 0. The molecule has 0 heterocycles. The first-order chi connectivity index (χ1) is 6.27. The Bertz CT molecular complexity index is 308. The van der Waals surface area contributed by atoms with Crippen molar-refractivity contribution in [1.29, 1.82) is 0 Å². The van der Waals surface area contributed by atoms with Crippen LogP contribution in [0.4, 0.5) is 0 Å². The Balaban J connectivity index is 2.89. The minimum Gasteiger partial charge on any atom is -0.504 e. The molecule has 0 spiro atoms. The van der Waals surface area contributed by atoms with E-state index in [-0.39, 0.29) is 0 Å². The summed E-state index contributed by atoms with van der Waals surface area (Å²) in [5.41, 5.74) is 1.10. The zero-order valence-electron chi connectivity index (χ0n) is 7.58. The molecule has 0 atom stereocenters. The average molecular weight is 290 g/mol. The van der Waals surface area contributed by atoms with Crippen LogP contribution < -0.4 is 4.74 Å². The lowest BCUT2D eigenvalue weighted by atomic mass is 10.2. The third kappa shape index (κ3) is 2.91. The standard InChI is InChI=1S/C10H11IO2/c1-12-6-5-8-3-4-10(13-2)9(11)7-8/h3-7H,1-2H3. The maximum absolute atomic E-state index is 5.14. The van der Waals surface area contributed by atoms with Gasteiger partial charge in [-0.05, 0) is 46.4 Å². The van der Waals surface area contributed by atoms with Crippen molar-refractivity contribution in [3.05, 3.63) is 33.6 Å². The van der Waals surface area contributed by atoms with Gasteiger partial charge in [-0.2, -0.15) is 0 Å². The summed E-state index contributed by atoms with van der Waals surface area (Å²) in [4.78, 5) is 0. The molecule has 70 valence electrons. The summed E-state index contributed by atoms with van der Waals surface area (Å²) in [5, 5.41) is 0. The Hall–Kier alpha value is -0.710. The van der Waals surface area contributed by atoms with Gasteiger partial charge in [0.1, 0.15) is 5.75 Å². The predicted molar refractivity (Wildman–Crippen MR) is 61.8 cm³/mol. The third-order valence-electron chi connectivity index (χ3n) is 1.57. The van der Waals surface area contributed by atoms with E-state index in [2.05, 4.69) is 22.6 Å². The molecule has 0 radical (unpaired) electrons. The van der Waals surface area contributed by atoms with Gasteiger partial charge in [-0.15, -0.1) is 0 Å². The molecule has 0 aromatic heterocycles. The zero-order valence-corrected chi connectivity index (χ0v) is 9.74. The molecule has 0 bridgehead atoms. The number of hydrogen-bond acceptors (Lipinski definition) is 2. The summed E-state index contributed by atoms with van der Waals surface area (Å²) >= 11 is 2.24. The van der Waals surface area contributed by atoms with Gasteiger partial charge in [0, 0.05) is 0 Å². The number of ether oxygens (including phenoxy) is 2. The first-order valence-corrected chi connectivity index (χ1v) is 4.88. The maximum Gasteiger partial charge on any atom is 0.132 e. The van der Waals surface area contributed by atoms with Crippen LogP contribution in [-0.4, -0.2) is 14.2 Å². The van der Waals surface area contributed by atoms with Crippen molar-refractivity contribution >= 4 is 28.7 Å². The minimum atomic E-state index is 0.898. The Morgan fingerprint density at radius 2 is 2.08 bits per heavy atom. The molecule has 13 heavy (non-hydrogen) atoms. The Labute approximate surface area is 91.7 Å². The highest BCUT2D eigenvalue weighted by molar-refractivity contribution is 14.1. The topological polar surface area (TPSA) is 18.5 Å². The summed E-state index contributed by atoms with van der Waals surface area (Å²) in [6.45, 7) is 0. The highest BCUT2D eigenvalue weighted by Gasteiger charge is 1.98. The molecule has 0 amide bonds. The number of rotatable bonds is 3. The van der Waals surface area contributed by atoms with Crippen LogP contribution in [0.5, 0.6) is 5.75 Å². The largest absolute Gasteiger partial charge is 0.504 e. The molecule has 0 saturated carbocycles. The fourth-order valence-corrected chi connectivity index (χ4v) is 1.69. The Morgan fingerprint density at radius 1 is 1.31 bits per heavy atom. The number of halogens is 1. The normalized spacial score (nSPS) is 10.4. The lowest BCUT2D eigenvalue weighted by Gasteiger charge is -2.03. The second-order valence-electron chi connectivity index (χ2n) is 2.43. The number of benzene rings is 1. The molecule has 0 saturated heterocycles. The van der Waals surface area contributed by atoms with Gasteiger partial charge < -0.3 is 9.47 Å². The van der Waals surface area contributed by atoms with Crippen LogP contribution in [0.15, 0.2) is 24.5 Å². The highest BCUT2D eigenvalue weighted by atomic mass is 127. The first-order valence-electron chi connectivity index (χ1n) is 3.81. The molecular formula is C10H11IO2. The molecule has 0 aliphatic carbocycles. The first kappa shape index (κ1) is 10.4. The van der Waals surface area contributed by atoms with E-state index >= 15 is 0 Å². The Kier molecular flexibility index (Phi) is 4.08. The van der Waals surface area contributed by atoms with E-state index in [1.807, 2.05) is 24.3 Å². The van der Waals surface area contributed by atoms with Crippen LogP contribution in [0.3, 0.4) is 0 Å². The van der Waals surface area contributed by atoms with Gasteiger partial charge >= 0.3 is 0 Å². The van der Waals surface area contributed by atoms with Gasteiger partial charge in [0.15, 0.2) is 0 Å². The van der Waals surface area contributed by atoms with Crippen molar-refractivity contribution in [1.82, 2.24) is 0 Å². The minimum absolute atomic E-state index is 0.898. The molecule has 0 aliphatic heterocycles. The van der Waals surface area contributed by atoms with Crippen LogP contribution in [0.25, 0.3) is 6.08 Å². The van der Waals surface area contributed by atoms with Crippen LogP contribution in [0.1, 0.15) is 5.56 Å². The van der Waals surface area contributed by atoms with Crippen molar-refractivity contribution < 1.29 is 9.47 Å². The highest BCUT2D eigenvalue weighted by Crippen LogP contribution is 2.21. The van der Waals surface area contributed by atoms with Gasteiger partial charge in [0.05, 0.1) is 24.1 Å². The molecule has 1 rings (SSSR count). The van der Waals surface area contributed by atoms with Crippen molar-refractivity contribution in [2.24, 2.45) is 0 Å². The maximum atomic E-state index is 5.14. The SMILES string of the molecule is COC=Cc1ccc(OC)c(I)c1. The van der Waals surface area contributed by atoms with Gasteiger partial charge in [0.2, 0.25) is 0 Å². The van der Waals surface area contributed by atoms with Crippen LogP contribution in [0.2, 0.25) is 0 Å². The molecule has 0 aliphatic rings. The third-order valence-corrected chi connectivity index (χ3v) is 2.42. The Morgan fingerprint density at radius 3 is 2.62 bits per heavy atom. The summed E-state index contributed by atoms with van der Waals surface area (Å²) in [6.07, 6.45) is 3.56. The van der Waals surface area contributed by atoms with Gasteiger partial charge in [0.25, 0.3) is 0 Å². The van der Waals surface area contributed by atoms with E-state index in [1.165, 1.54) is 0 Å². The molecular weight excluding hydrogens is 279 g/mol. The van der Waals surface area contributed by atoms with Gasteiger partial charge in [-0.25, -0.2) is 0 Å². The van der Waals surface area contributed by atoms with Gasteiger partial charge in [-0.3, -0.25) is 0 Å². The lowest BCUT2D eigenvalue weighted by Crippen LogP contribution is -1.86. The molecule has 1 aromatic carbocycles. The second-order valence-corrected chi connectivity index (χ2v) is 3.59. The predicted octanol–water partition coefficient (Wildman–Crippen LogP) is 2.92. The van der Waals surface area contributed by atoms with Crippen LogP contribution >= 0.6 is 22.6 Å². The van der Waals surface area contributed by atoms with Crippen LogP contribution in [-0.2, 0) is 4.74 Å². The van der Waals surface area contributed by atoms with E-state index in [4.69, 9.17) is 9.47 Å². The summed E-state index contributed by atoms with van der Waals surface area (Å²) in [6, 6.07) is 5.96. The quantitative estimate of drug-likeness (QED) is 0.629. The van der Waals surface area contributed by atoms with E-state index in [0.29, 0.717) is 0 Å². The second kappa shape index (κ2) is 5.11. The average Bonchev–Trinajstić information content (AvgIpc) is 2.15. The fourth-order valence-electron chi connectivity index (χ4n) is 0.933. The summed E-state index contributed by atoms with van der Waals surface area (Å²) in [5.74, 6) is 0.898. The lowest BCUT2D eigenvalue weighted by molar-refractivity contribution is 0.341. The number of methoxy groups -OCH3 is 2. The van der Waals surface area contributed by atoms with Crippen LogP contribution in [0, 0.1) is 3.57 Å². The van der Waals surface area contributed by atoms with Crippen molar-refractivity contribution in [2.75, 3.05) is 14.2 Å². The van der Waals surface area contributed by atoms with Crippen molar-refractivity contribution in [2.45, 2.75) is 0 Å². The monoisotopic (exact) mass is 290 g/mol. The molecule has 1 aromatic rings.